The first kappa shape index (κ1) is 16.5. The van der Waals surface area contributed by atoms with E-state index in [-0.39, 0.29) is 11.9 Å². The van der Waals surface area contributed by atoms with Gasteiger partial charge in [0.25, 0.3) is 5.91 Å². The van der Waals surface area contributed by atoms with Gasteiger partial charge in [0, 0.05) is 11.4 Å². The van der Waals surface area contributed by atoms with E-state index in [2.05, 4.69) is 29.0 Å². The molecule has 24 heavy (non-hydrogen) atoms. The highest BCUT2D eigenvalue weighted by Gasteiger charge is 2.18. The minimum Gasteiger partial charge on any atom is -0.344 e. The summed E-state index contributed by atoms with van der Waals surface area (Å²) in [4.78, 5) is 14.1. The fourth-order valence-electron chi connectivity index (χ4n) is 2.86. The molecule has 3 aromatic rings. The van der Waals surface area contributed by atoms with Crippen LogP contribution >= 0.6 is 11.3 Å². The molecule has 0 aliphatic rings. The summed E-state index contributed by atoms with van der Waals surface area (Å²) in [7, 11) is 0. The lowest BCUT2D eigenvalue weighted by atomic mass is 10.1. The maximum atomic E-state index is 12.8. The molecule has 0 spiro atoms. The normalized spacial score (nSPS) is 12.8. The molecule has 0 aliphatic carbocycles. The second-order valence-corrected chi connectivity index (χ2v) is 7.21. The molecule has 4 heteroatoms. The number of carbonyl (C=O) groups excluding carboxylic acids is 1. The van der Waals surface area contributed by atoms with Gasteiger partial charge in [-0.25, -0.2) is 0 Å². The smallest absolute Gasteiger partial charge is 0.268 e. The number of nitrogens with one attached hydrogen (secondary N) is 1. The quantitative estimate of drug-likeness (QED) is 0.647. The van der Waals surface area contributed by atoms with E-state index in [1.165, 1.54) is 4.88 Å². The van der Waals surface area contributed by atoms with Gasteiger partial charge in [-0.15, -0.1) is 11.3 Å². The van der Waals surface area contributed by atoms with Crippen LogP contribution in [0.5, 0.6) is 0 Å². The van der Waals surface area contributed by atoms with Gasteiger partial charge < -0.3 is 9.88 Å². The third-order valence-corrected chi connectivity index (χ3v) is 5.10. The lowest BCUT2D eigenvalue weighted by Gasteiger charge is -2.15. The van der Waals surface area contributed by atoms with Crippen molar-refractivity contribution in [1.82, 2.24) is 9.88 Å². The van der Waals surface area contributed by atoms with Crippen molar-refractivity contribution in [2.75, 3.05) is 0 Å². The van der Waals surface area contributed by atoms with Crippen LogP contribution in [-0.4, -0.2) is 10.5 Å². The number of hydrogen-bond acceptors (Lipinski definition) is 2. The third kappa shape index (κ3) is 3.29. The van der Waals surface area contributed by atoms with Crippen molar-refractivity contribution in [3.05, 3.63) is 70.8 Å². The van der Waals surface area contributed by atoms with Gasteiger partial charge in [0.15, 0.2) is 0 Å². The third-order valence-electron chi connectivity index (χ3n) is 4.12. The molecule has 0 aliphatic heterocycles. The van der Waals surface area contributed by atoms with E-state index in [0.29, 0.717) is 6.54 Å². The molecule has 3 nitrogen and oxygen atoms in total. The fourth-order valence-corrected chi connectivity index (χ4v) is 3.82. The van der Waals surface area contributed by atoms with Gasteiger partial charge in [0.05, 0.1) is 16.3 Å². The number of thiophene rings is 1. The number of allylic oxidation sites excluding steroid dienone is 2. The van der Waals surface area contributed by atoms with Crippen LogP contribution < -0.4 is 5.32 Å². The lowest BCUT2D eigenvalue weighted by Crippen LogP contribution is -2.28. The number of aryl methyl sites for hydroxylation is 1. The maximum Gasteiger partial charge on any atom is 0.268 e. The van der Waals surface area contributed by atoms with Gasteiger partial charge in [-0.1, -0.05) is 42.5 Å². The number of nitrogens with zero attached hydrogens (tertiary/aromatic N) is 1. The van der Waals surface area contributed by atoms with E-state index >= 15 is 0 Å². The Morgan fingerprint density at radius 1 is 1.29 bits per heavy atom. The van der Waals surface area contributed by atoms with Crippen LogP contribution in [0.15, 0.2) is 54.6 Å². The van der Waals surface area contributed by atoms with Crippen LogP contribution in [0.25, 0.3) is 10.2 Å². The predicted octanol–water partition coefficient (Wildman–Crippen LogP) is 5.08. The molecule has 0 saturated carbocycles. The van der Waals surface area contributed by atoms with E-state index in [1.54, 1.807) is 11.3 Å². The summed E-state index contributed by atoms with van der Waals surface area (Å²) >= 11 is 1.73. The Kier molecular flexibility index (Phi) is 4.86. The highest BCUT2D eigenvalue weighted by Crippen LogP contribution is 2.29. The Morgan fingerprint density at radius 3 is 2.75 bits per heavy atom. The van der Waals surface area contributed by atoms with E-state index in [9.17, 15) is 4.79 Å². The summed E-state index contributed by atoms with van der Waals surface area (Å²) in [5, 5.41) is 3.12. The SMILES string of the molecule is C/C=C/Cn1c(C(=O)NC(C)c2ccccc2)cc2sc(C)cc21. The van der Waals surface area contributed by atoms with Crippen molar-refractivity contribution in [3.8, 4) is 0 Å². The maximum absolute atomic E-state index is 12.8. The largest absolute Gasteiger partial charge is 0.344 e. The first-order valence-electron chi connectivity index (χ1n) is 8.16. The molecule has 3 rings (SSSR count). The van der Waals surface area contributed by atoms with Crippen molar-refractivity contribution in [1.29, 1.82) is 0 Å². The van der Waals surface area contributed by atoms with Crippen LogP contribution in [0.1, 0.15) is 40.8 Å². The minimum atomic E-state index is -0.0306. The molecule has 0 radical (unpaired) electrons. The van der Waals surface area contributed by atoms with Crippen molar-refractivity contribution < 1.29 is 4.79 Å². The summed E-state index contributed by atoms with van der Waals surface area (Å²) in [5.74, 6) is -0.0306. The van der Waals surface area contributed by atoms with Crippen LogP contribution in [-0.2, 0) is 6.54 Å². The van der Waals surface area contributed by atoms with Gasteiger partial charge >= 0.3 is 0 Å². The second-order valence-electron chi connectivity index (χ2n) is 5.92. The number of carbonyl (C=O) groups is 1. The number of benzene rings is 1. The topological polar surface area (TPSA) is 34.0 Å². The van der Waals surface area contributed by atoms with E-state index < -0.39 is 0 Å². The summed E-state index contributed by atoms with van der Waals surface area (Å²) in [6, 6.07) is 14.2. The van der Waals surface area contributed by atoms with E-state index in [0.717, 1.165) is 21.5 Å². The molecule has 1 unspecified atom stereocenters. The van der Waals surface area contributed by atoms with Crippen molar-refractivity contribution >= 4 is 27.5 Å². The van der Waals surface area contributed by atoms with Crippen LogP contribution in [0.3, 0.4) is 0 Å². The van der Waals surface area contributed by atoms with Crippen LogP contribution in [0, 0.1) is 6.92 Å². The first-order valence-corrected chi connectivity index (χ1v) is 8.98. The van der Waals surface area contributed by atoms with Gasteiger partial charge in [-0.3, -0.25) is 4.79 Å². The van der Waals surface area contributed by atoms with Crippen LogP contribution in [0.4, 0.5) is 0 Å². The first-order chi connectivity index (χ1) is 11.6. The van der Waals surface area contributed by atoms with Gasteiger partial charge in [-0.2, -0.15) is 0 Å². The zero-order valence-corrected chi connectivity index (χ0v) is 15.1. The van der Waals surface area contributed by atoms with E-state index in [1.807, 2.05) is 56.3 Å². The monoisotopic (exact) mass is 338 g/mol. The molecule has 2 heterocycles. The predicted molar refractivity (Wildman–Crippen MR) is 102 cm³/mol. The Labute approximate surface area is 146 Å². The average molecular weight is 338 g/mol. The van der Waals surface area contributed by atoms with E-state index in [4.69, 9.17) is 0 Å². The zero-order valence-electron chi connectivity index (χ0n) is 14.2. The summed E-state index contributed by atoms with van der Waals surface area (Å²) in [6.45, 7) is 6.82. The highest BCUT2D eigenvalue weighted by atomic mass is 32.1. The highest BCUT2D eigenvalue weighted by molar-refractivity contribution is 7.19. The summed E-state index contributed by atoms with van der Waals surface area (Å²) < 4.78 is 3.25. The number of aromatic nitrogens is 1. The molecule has 1 N–H and O–H groups in total. The fraction of sp³-hybridized carbons (Fsp3) is 0.250. The van der Waals surface area contributed by atoms with Crippen molar-refractivity contribution in [3.63, 3.8) is 0 Å². The number of amides is 1. The molecular formula is C20H22N2OS. The lowest BCUT2D eigenvalue weighted by molar-refractivity contribution is 0.0931. The summed E-state index contributed by atoms with van der Waals surface area (Å²) in [5.41, 5.74) is 2.96. The molecule has 2 aromatic heterocycles. The molecule has 0 bridgehead atoms. The second kappa shape index (κ2) is 7.05. The number of hydrogen-bond donors (Lipinski definition) is 1. The molecule has 1 atom stereocenters. The van der Waals surface area contributed by atoms with Crippen molar-refractivity contribution in [2.24, 2.45) is 0 Å². The number of fused-ring (bicyclic) bond motifs is 1. The number of rotatable bonds is 5. The Morgan fingerprint density at radius 2 is 2.04 bits per heavy atom. The Balaban J connectivity index is 1.90. The van der Waals surface area contributed by atoms with Gasteiger partial charge in [-0.05, 0) is 38.5 Å². The average Bonchev–Trinajstić information content (AvgIpc) is 3.10. The standard InChI is InChI=1S/C20H22N2OS/c1-4-5-11-22-17-12-14(2)24-19(17)13-18(22)20(23)21-15(3)16-9-7-6-8-10-16/h4-10,12-13,15H,11H2,1-3H3,(H,21,23)/b5-4+. The minimum absolute atomic E-state index is 0.0245. The Hall–Kier alpha value is -2.33. The van der Waals surface area contributed by atoms with Gasteiger partial charge in [0.2, 0.25) is 0 Å². The summed E-state index contributed by atoms with van der Waals surface area (Å²) in [6.07, 6.45) is 4.09. The zero-order chi connectivity index (χ0) is 17.1. The van der Waals surface area contributed by atoms with Crippen molar-refractivity contribution in [2.45, 2.75) is 33.4 Å². The Bertz CT molecular complexity index is 874. The van der Waals surface area contributed by atoms with Gasteiger partial charge in [0.1, 0.15) is 5.69 Å². The molecule has 124 valence electrons. The molecule has 0 saturated heterocycles. The molecular weight excluding hydrogens is 316 g/mol. The molecule has 1 amide bonds. The van der Waals surface area contributed by atoms with Crippen LogP contribution in [0.2, 0.25) is 0 Å². The molecule has 0 fully saturated rings. The molecule has 1 aromatic carbocycles.